The van der Waals surface area contributed by atoms with Crippen LogP contribution < -0.4 is 19.5 Å². The molecule has 6 aromatic rings. The van der Waals surface area contributed by atoms with Crippen molar-refractivity contribution in [3.63, 3.8) is 0 Å². The maximum atomic E-state index is 12.0. The molecule has 0 heterocycles. The van der Waals surface area contributed by atoms with Gasteiger partial charge in [0, 0.05) is 28.9 Å². The second kappa shape index (κ2) is 18.4. The normalized spacial score (nSPS) is 11.9. The number of nitrogens with one attached hydrogen (secondary N) is 1. The second-order valence-corrected chi connectivity index (χ2v) is 14.9. The molecule has 0 aliphatic rings. The van der Waals surface area contributed by atoms with Crippen LogP contribution in [0.1, 0.15) is 16.7 Å². The van der Waals surface area contributed by atoms with Crippen LogP contribution in [0.15, 0.2) is 131 Å². The molecule has 0 amide bonds. The molecular weight excluding hydrogens is 803 g/mol. The predicted octanol–water partition coefficient (Wildman–Crippen LogP) is 12.2. The minimum atomic E-state index is -4.61. The molecule has 304 valence electrons. The van der Waals surface area contributed by atoms with E-state index in [4.69, 9.17) is 23.8 Å². The van der Waals surface area contributed by atoms with Crippen LogP contribution in [0.2, 0.25) is 0 Å². The lowest BCUT2D eigenvalue weighted by Crippen LogP contribution is -1.99. The number of phenols is 1. The zero-order valence-electron chi connectivity index (χ0n) is 32.4. The highest BCUT2D eigenvalue weighted by Gasteiger charge is 2.19. The second-order valence-electron chi connectivity index (χ2n) is 12.7. The lowest BCUT2D eigenvalue weighted by molar-refractivity contribution is -0.432. The van der Waals surface area contributed by atoms with Gasteiger partial charge in [0.05, 0.1) is 55.3 Å². The van der Waals surface area contributed by atoms with Crippen molar-refractivity contribution in [2.75, 3.05) is 26.6 Å². The molecule has 59 heavy (non-hydrogen) atoms. The molecule has 0 atom stereocenters. The van der Waals surface area contributed by atoms with Gasteiger partial charge < -0.3 is 24.6 Å². The molecule has 19 heteroatoms. The van der Waals surface area contributed by atoms with E-state index < -0.39 is 15.0 Å². The van der Waals surface area contributed by atoms with Crippen LogP contribution in [0, 0.1) is 20.8 Å². The zero-order valence-corrected chi connectivity index (χ0v) is 34.0. The molecular formula is C40H37N7O10S2. The molecule has 0 unspecified atom stereocenters. The van der Waals surface area contributed by atoms with Gasteiger partial charge in [-0.15, -0.1) is 19.7 Å². The highest BCUT2D eigenvalue weighted by atomic mass is 32.2. The van der Waals surface area contributed by atoms with E-state index in [1.165, 1.54) is 26.4 Å². The first-order valence-electron chi connectivity index (χ1n) is 17.4. The minimum absolute atomic E-state index is 0.0867. The Kier molecular flexibility index (Phi) is 13.1. The monoisotopic (exact) mass is 839 g/mol. The summed E-state index contributed by atoms with van der Waals surface area (Å²) < 4.78 is 54.2. The maximum absolute atomic E-state index is 12.0. The summed E-state index contributed by atoms with van der Waals surface area (Å²) in [6.07, 6.45) is 0. The number of hydrogen-bond acceptors (Lipinski definition) is 17. The Morgan fingerprint density at radius 2 is 1.17 bits per heavy atom. The van der Waals surface area contributed by atoms with Gasteiger partial charge in [-0.25, -0.2) is 5.26 Å². The van der Waals surface area contributed by atoms with Crippen LogP contribution in [0.3, 0.4) is 0 Å². The number of methoxy groups -OCH3 is 3. The van der Waals surface area contributed by atoms with Crippen LogP contribution in [-0.2, 0) is 19.5 Å². The molecule has 0 saturated carbocycles. The third-order valence-electron chi connectivity index (χ3n) is 8.83. The first-order valence-corrected chi connectivity index (χ1v) is 19.6. The van der Waals surface area contributed by atoms with Gasteiger partial charge in [0.1, 0.15) is 39.2 Å². The number of hydrogen-bond donors (Lipinski definition) is 4. The predicted molar refractivity (Wildman–Crippen MR) is 222 cm³/mol. The summed E-state index contributed by atoms with van der Waals surface area (Å²) >= 11 is 0.644. The summed E-state index contributed by atoms with van der Waals surface area (Å²) in [6.45, 7) is 5.42. The number of phenolic OH excluding ortho intramolecular Hbond substituents is 1. The smallest absolute Gasteiger partial charge is 0.296 e. The Hall–Kier alpha value is -6.48. The summed E-state index contributed by atoms with van der Waals surface area (Å²) in [5, 5.41) is 54.5. The molecule has 0 bridgehead atoms. The van der Waals surface area contributed by atoms with Crippen LogP contribution in [0.25, 0.3) is 10.8 Å². The molecule has 0 aliphatic heterocycles. The molecule has 0 spiro atoms. The quantitative estimate of drug-likeness (QED) is 0.0249. The Balaban J connectivity index is 1.24. The average Bonchev–Trinajstić information content (AvgIpc) is 3.22. The summed E-state index contributed by atoms with van der Waals surface area (Å²) in [4.78, 5) is -0.143. The SMILES string of the molecule is COc1ccc(Nc2ccc3c(O)c(N=Nc4cc(C)c(N=Nc5cc(C)c(N=Nc6ccc(OC)cc6S(=O)(=O)O)cc5OC)cc4C)c(SOOO)cc3c2)cc1. The van der Waals surface area contributed by atoms with Crippen LogP contribution in [-0.4, -0.2) is 44.7 Å². The van der Waals surface area contributed by atoms with Crippen LogP contribution >= 0.6 is 12.0 Å². The third kappa shape index (κ3) is 9.98. The van der Waals surface area contributed by atoms with Crippen LogP contribution in [0.5, 0.6) is 23.0 Å². The number of benzene rings is 6. The third-order valence-corrected chi connectivity index (χ3v) is 10.3. The van der Waals surface area contributed by atoms with Gasteiger partial charge in [-0.1, -0.05) is 5.04 Å². The van der Waals surface area contributed by atoms with Crippen molar-refractivity contribution in [2.24, 2.45) is 30.7 Å². The number of azo groups is 3. The van der Waals surface area contributed by atoms with Crippen LogP contribution in [0.4, 0.5) is 45.5 Å². The molecule has 0 saturated heterocycles. The molecule has 6 aromatic carbocycles. The van der Waals surface area contributed by atoms with E-state index in [9.17, 15) is 18.1 Å². The number of aromatic hydroxyl groups is 1. The molecule has 4 N–H and O–H groups in total. The van der Waals surface area contributed by atoms with Gasteiger partial charge in [0.15, 0.2) is 5.75 Å². The Morgan fingerprint density at radius 3 is 1.78 bits per heavy atom. The molecule has 0 aromatic heterocycles. The number of fused-ring (bicyclic) bond motifs is 1. The first-order chi connectivity index (χ1) is 28.3. The highest BCUT2D eigenvalue weighted by Crippen LogP contribution is 2.45. The maximum Gasteiger partial charge on any atom is 0.296 e. The zero-order chi connectivity index (χ0) is 42.3. The first kappa shape index (κ1) is 42.1. The van der Waals surface area contributed by atoms with Crippen molar-refractivity contribution in [1.82, 2.24) is 0 Å². The van der Waals surface area contributed by atoms with Gasteiger partial charge >= 0.3 is 0 Å². The fourth-order valence-corrected chi connectivity index (χ4v) is 6.86. The Labute approximate surface area is 342 Å². The number of nitrogens with zero attached hydrogens (tertiary/aromatic N) is 6. The Morgan fingerprint density at radius 1 is 0.610 bits per heavy atom. The lowest BCUT2D eigenvalue weighted by atomic mass is 10.1. The van der Waals surface area contributed by atoms with E-state index in [2.05, 4.69) is 41.0 Å². The highest BCUT2D eigenvalue weighted by molar-refractivity contribution is 7.94. The van der Waals surface area contributed by atoms with E-state index in [1.807, 2.05) is 50.2 Å². The van der Waals surface area contributed by atoms with Gasteiger partial charge in [0.2, 0.25) is 0 Å². The van der Waals surface area contributed by atoms with Crippen molar-refractivity contribution in [2.45, 2.75) is 30.6 Å². The van der Waals surface area contributed by atoms with E-state index in [0.717, 1.165) is 28.8 Å². The van der Waals surface area contributed by atoms with Crippen molar-refractivity contribution in [3.05, 3.63) is 108 Å². The van der Waals surface area contributed by atoms with E-state index in [-0.39, 0.29) is 22.9 Å². The fraction of sp³-hybridized carbons (Fsp3) is 0.150. The van der Waals surface area contributed by atoms with E-state index >= 15 is 0 Å². The van der Waals surface area contributed by atoms with Gasteiger partial charge in [-0.3, -0.25) is 4.55 Å². The number of aryl methyl sites for hydroxylation is 3. The molecule has 0 aliphatic carbocycles. The molecule has 0 radical (unpaired) electrons. The molecule has 17 nitrogen and oxygen atoms in total. The fourth-order valence-electron chi connectivity index (χ4n) is 5.73. The van der Waals surface area contributed by atoms with Gasteiger partial charge in [-0.05, 0) is 122 Å². The van der Waals surface area contributed by atoms with Crippen molar-refractivity contribution >= 4 is 78.4 Å². The Bertz CT molecular complexity index is 2730. The summed E-state index contributed by atoms with van der Waals surface area (Å²) in [7, 11) is -0.188. The van der Waals surface area contributed by atoms with Gasteiger partial charge in [-0.2, -0.15) is 23.8 Å². The van der Waals surface area contributed by atoms with Gasteiger partial charge in [0.25, 0.3) is 10.1 Å². The number of rotatable bonds is 15. The van der Waals surface area contributed by atoms with E-state index in [0.29, 0.717) is 67.3 Å². The number of anilines is 2. The summed E-state index contributed by atoms with van der Waals surface area (Å²) in [5.41, 5.74) is 5.43. The molecule has 0 fully saturated rings. The summed E-state index contributed by atoms with van der Waals surface area (Å²) in [5.74, 6) is 1.11. The van der Waals surface area contributed by atoms with Crippen molar-refractivity contribution in [1.29, 1.82) is 0 Å². The number of ether oxygens (including phenoxy) is 3. The largest absolute Gasteiger partial charge is 0.505 e. The lowest BCUT2D eigenvalue weighted by Gasteiger charge is -2.12. The average molecular weight is 840 g/mol. The van der Waals surface area contributed by atoms with Crippen molar-refractivity contribution < 1.29 is 46.9 Å². The van der Waals surface area contributed by atoms with E-state index in [1.54, 1.807) is 50.4 Å². The van der Waals surface area contributed by atoms with Crippen molar-refractivity contribution in [3.8, 4) is 23.0 Å². The minimum Gasteiger partial charge on any atom is -0.505 e. The summed E-state index contributed by atoms with van der Waals surface area (Å²) in [6, 6.07) is 25.4. The standard InChI is InChI=1S/C40H37N7O10S2/c1-22-16-33(45-47-39-37(58-57-56-49)19-25-18-27(9-13-30(25)40(39)48)41-26-7-10-28(53-4)11-8-26)23(2)15-32(22)43-46-35-17-24(3)34(21-36(35)55-6)44-42-31-14-12-29(54-5)20-38(31)59(50,51)52/h7-21,41,48-49H,1-6H3,(H,50,51,52). The topological polar surface area (TPSA) is 227 Å². The molecule has 6 rings (SSSR count).